The van der Waals surface area contributed by atoms with Crippen molar-refractivity contribution < 1.29 is 18.7 Å². The summed E-state index contributed by atoms with van der Waals surface area (Å²) in [6.07, 6.45) is 0. The van der Waals surface area contributed by atoms with Crippen LogP contribution in [0.2, 0.25) is 5.02 Å². The minimum absolute atomic E-state index is 0.0299. The Bertz CT molecular complexity index is 599. The Kier molecular flexibility index (Phi) is 8.82. The fourth-order valence-corrected chi connectivity index (χ4v) is 2.27. The van der Waals surface area contributed by atoms with Crippen molar-refractivity contribution in [2.45, 2.75) is 26.4 Å². The second-order valence-electron chi connectivity index (χ2n) is 6.03. The maximum absolute atomic E-state index is 13.2. The van der Waals surface area contributed by atoms with Crippen molar-refractivity contribution in [3.8, 4) is 0 Å². The van der Waals surface area contributed by atoms with E-state index in [4.69, 9.17) is 22.1 Å². The molecular weight excluding hydrogens is 349 g/mol. The maximum atomic E-state index is 13.2. The molecule has 0 radical (unpaired) electrons. The summed E-state index contributed by atoms with van der Waals surface area (Å²) in [4.78, 5) is 25.8. The van der Waals surface area contributed by atoms with Gasteiger partial charge in [0, 0.05) is 25.2 Å². The molecule has 1 aromatic carbocycles. The van der Waals surface area contributed by atoms with Crippen molar-refractivity contribution in [3.05, 3.63) is 34.6 Å². The minimum Gasteiger partial charge on any atom is -0.383 e. The Morgan fingerprint density at radius 3 is 2.64 bits per heavy atom. The van der Waals surface area contributed by atoms with E-state index < -0.39 is 11.9 Å². The fourth-order valence-electron chi connectivity index (χ4n) is 2.04. The summed E-state index contributed by atoms with van der Waals surface area (Å²) in [5, 5.41) is 2.78. The Morgan fingerprint density at radius 1 is 1.40 bits per heavy atom. The van der Waals surface area contributed by atoms with Gasteiger partial charge in [-0.1, -0.05) is 31.5 Å². The average molecular weight is 374 g/mol. The van der Waals surface area contributed by atoms with Gasteiger partial charge in [0.25, 0.3) is 0 Å². The fraction of sp³-hybridized carbons (Fsp3) is 0.529. The minimum atomic E-state index is -0.674. The smallest absolute Gasteiger partial charge is 0.242 e. The molecule has 0 spiro atoms. The molecule has 2 amide bonds. The van der Waals surface area contributed by atoms with Gasteiger partial charge >= 0.3 is 0 Å². The summed E-state index contributed by atoms with van der Waals surface area (Å²) in [7, 11) is 1.52. The summed E-state index contributed by atoms with van der Waals surface area (Å²) in [5.74, 6) is -1.16. The number of nitrogens with zero attached hydrogens (tertiary/aromatic N) is 1. The molecule has 0 aliphatic rings. The molecular formula is C17H25ClFN3O3. The molecule has 0 unspecified atom stereocenters. The SMILES string of the molecule is COCCN(Cc1ccc(F)cc1Cl)C(=O)CNC(=O)[C@@H](N)C(C)C. The second-order valence-corrected chi connectivity index (χ2v) is 6.44. The van der Waals surface area contributed by atoms with E-state index in [0.717, 1.165) is 0 Å². The van der Waals surface area contributed by atoms with Crippen molar-refractivity contribution >= 4 is 23.4 Å². The van der Waals surface area contributed by atoms with Gasteiger partial charge in [0.2, 0.25) is 11.8 Å². The molecule has 1 atom stereocenters. The predicted octanol–water partition coefficient (Wildman–Crippen LogP) is 1.55. The molecule has 0 aliphatic heterocycles. The highest BCUT2D eigenvalue weighted by Crippen LogP contribution is 2.19. The van der Waals surface area contributed by atoms with Crippen LogP contribution in [0.3, 0.4) is 0 Å². The van der Waals surface area contributed by atoms with Crippen LogP contribution in [0, 0.1) is 11.7 Å². The van der Waals surface area contributed by atoms with Gasteiger partial charge in [-0.05, 0) is 23.6 Å². The lowest BCUT2D eigenvalue weighted by Crippen LogP contribution is -2.48. The van der Waals surface area contributed by atoms with Crippen molar-refractivity contribution in [2.75, 3.05) is 26.8 Å². The van der Waals surface area contributed by atoms with Gasteiger partial charge in [0.1, 0.15) is 5.82 Å². The van der Waals surface area contributed by atoms with E-state index >= 15 is 0 Å². The third kappa shape index (κ3) is 6.97. The summed E-state index contributed by atoms with van der Waals surface area (Å²) >= 11 is 6.02. The Morgan fingerprint density at radius 2 is 2.08 bits per heavy atom. The lowest BCUT2D eigenvalue weighted by atomic mass is 10.1. The van der Waals surface area contributed by atoms with Crippen LogP contribution in [-0.4, -0.2) is 49.6 Å². The summed E-state index contributed by atoms with van der Waals surface area (Å²) in [5.41, 5.74) is 6.36. The number of rotatable bonds is 9. The van der Waals surface area contributed by atoms with Crippen LogP contribution in [0.5, 0.6) is 0 Å². The highest BCUT2D eigenvalue weighted by molar-refractivity contribution is 6.31. The van der Waals surface area contributed by atoms with E-state index in [1.54, 1.807) is 0 Å². The van der Waals surface area contributed by atoms with Crippen LogP contribution in [0.15, 0.2) is 18.2 Å². The molecule has 1 aromatic rings. The number of carbonyl (C=O) groups is 2. The lowest BCUT2D eigenvalue weighted by molar-refractivity contribution is -0.134. The predicted molar refractivity (Wildman–Crippen MR) is 94.5 cm³/mol. The van der Waals surface area contributed by atoms with E-state index in [-0.39, 0.29) is 35.8 Å². The molecule has 1 rings (SSSR count). The Hall–Kier alpha value is -1.70. The van der Waals surface area contributed by atoms with Crippen LogP contribution in [0.4, 0.5) is 4.39 Å². The van der Waals surface area contributed by atoms with Crippen molar-refractivity contribution in [1.82, 2.24) is 10.2 Å². The first-order valence-corrected chi connectivity index (χ1v) is 8.38. The lowest BCUT2D eigenvalue weighted by Gasteiger charge is -2.24. The highest BCUT2D eigenvalue weighted by atomic mass is 35.5. The average Bonchev–Trinajstić information content (AvgIpc) is 2.57. The first-order valence-electron chi connectivity index (χ1n) is 8.00. The first-order chi connectivity index (χ1) is 11.8. The molecule has 0 aliphatic carbocycles. The zero-order valence-corrected chi connectivity index (χ0v) is 15.5. The second kappa shape index (κ2) is 10.3. The van der Waals surface area contributed by atoms with E-state index in [9.17, 15) is 14.0 Å². The van der Waals surface area contributed by atoms with Gasteiger partial charge in [-0.15, -0.1) is 0 Å². The van der Waals surface area contributed by atoms with Crippen LogP contribution in [0.1, 0.15) is 19.4 Å². The van der Waals surface area contributed by atoms with E-state index in [2.05, 4.69) is 5.32 Å². The molecule has 0 bridgehead atoms. The number of benzene rings is 1. The number of hydrogen-bond acceptors (Lipinski definition) is 4. The first kappa shape index (κ1) is 21.3. The van der Waals surface area contributed by atoms with E-state index in [0.29, 0.717) is 18.7 Å². The summed E-state index contributed by atoms with van der Waals surface area (Å²) < 4.78 is 18.2. The maximum Gasteiger partial charge on any atom is 0.242 e. The molecule has 0 fully saturated rings. The Balaban J connectivity index is 2.73. The number of methoxy groups -OCH3 is 1. The number of carbonyl (C=O) groups excluding carboxylic acids is 2. The van der Waals surface area contributed by atoms with E-state index in [1.807, 2.05) is 13.8 Å². The van der Waals surface area contributed by atoms with Gasteiger partial charge in [-0.3, -0.25) is 9.59 Å². The topological polar surface area (TPSA) is 84.7 Å². The monoisotopic (exact) mass is 373 g/mol. The van der Waals surface area contributed by atoms with Gasteiger partial charge in [0.05, 0.1) is 19.2 Å². The molecule has 3 N–H and O–H groups in total. The van der Waals surface area contributed by atoms with Crippen molar-refractivity contribution in [3.63, 3.8) is 0 Å². The summed E-state index contributed by atoms with van der Waals surface area (Å²) in [6.45, 7) is 4.30. The number of nitrogens with two attached hydrogens (primary N) is 1. The Labute approximate surface area is 152 Å². The molecule has 8 heteroatoms. The quantitative estimate of drug-likeness (QED) is 0.687. The van der Waals surface area contributed by atoms with Crippen LogP contribution < -0.4 is 11.1 Å². The molecule has 25 heavy (non-hydrogen) atoms. The number of nitrogens with one attached hydrogen (secondary N) is 1. The van der Waals surface area contributed by atoms with Crippen molar-refractivity contribution in [1.29, 1.82) is 0 Å². The van der Waals surface area contributed by atoms with Crippen molar-refractivity contribution in [2.24, 2.45) is 11.7 Å². The van der Waals surface area contributed by atoms with Crippen LogP contribution >= 0.6 is 11.6 Å². The zero-order valence-electron chi connectivity index (χ0n) is 14.7. The molecule has 0 aromatic heterocycles. The van der Waals surface area contributed by atoms with Gasteiger partial charge in [-0.25, -0.2) is 4.39 Å². The van der Waals surface area contributed by atoms with E-state index in [1.165, 1.54) is 30.2 Å². The van der Waals surface area contributed by atoms with Gasteiger partial charge in [0.15, 0.2) is 0 Å². The standard InChI is InChI=1S/C17H25ClFN3O3/c1-11(2)16(20)17(24)21-9-15(23)22(6-7-25-3)10-12-4-5-13(19)8-14(12)18/h4-5,8,11,16H,6-7,9-10,20H2,1-3H3,(H,21,24)/t16-/m0/s1. The number of halogens is 2. The van der Waals surface area contributed by atoms with Crippen LogP contribution in [-0.2, 0) is 20.9 Å². The van der Waals surface area contributed by atoms with Gasteiger partial charge in [-0.2, -0.15) is 0 Å². The molecule has 6 nitrogen and oxygen atoms in total. The molecule has 0 saturated heterocycles. The normalized spacial score (nSPS) is 12.1. The number of amides is 2. The van der Waals surface area contributed by atoms with Crippen LogP contribution in [0.25, 0.3) is 0 Å². The molecule has 0 heterocycles. The largest absolute Gasteiger partial charge is 0.383 e. The summed E-state index contributed by atoms with van der Waals surface area (Å²) in [6, 6.07) is 3.33. The third-order valence-electron chi connectivity index (χ3n) is 3.73. The molecule has 140 valence electrons. The number of hydrogen-bond donors (Lipinski definition) is 2. The number of ether oxygens (including phenoxy) is 1. The van der Waals surface area contributed by atoms with Gasteiger partial charge < -0.3 is 20.7 Å². The third-order valence-corrected chi connectivity index (χ3v) is 4.08. The highest BCUT2D eigenvalue weighted by Gasteiger charge is 2.20. The molecule has 0 saturated carbocycles. The zero-order chi connectivity index (χ0) is 19.0.